The molecule has 0 aliphatic carbocycles. The second-order valence-corrected chi connectivity index (χ2v) is 6.40. The highest BCUT2D eigenvalue weighted by atomic mass is 19.2. The smallest absolute Gasteiger partial charge is 0.233 e. The molecule has 31 heavy (non-hydrogen) atoms. The number of benzene rings is 3. The van der Waals surface area contributed by atoms with Gasteiger partial charge in [0.15, 0.2) is 28.9 Å². The van der Waals surface area contributed by atoms with E-state index in [1.54, 1.807) is 12.1 Å². The third kappa shape index (κ3) is 3.22. The molecule has 0 amide bonds. The van der Waals surface area contributed by atoms with E-state index in [1.807, 2.05) is 0 Å². The number of nitrogens with zero attached hydrogens (tertiary/aromatic N) is 1. The first-order valence-corrected chi connectivity index (χ1v) is 8.93. The van der Waals surface area contributed by atoms with Gasteiger partial charge in [-0.05, 0) is 12.1 Å². The van der Waals surface area contributed by atoms with Crippen molar-refractivity contribution in [3.8, 4) is 39.8 Å². The molecule has 0 spiro atoms. The molecule has 1 aromatic heterocycles. The third-order valence-corrected chi connectivity index (χ3v) is 4.74. The minimum atomic E-state index is -1.67. The first-order chi connectivity index (χ1) is 14.9. The summed E-state index contributed by atoms with van der Waals surface area (Å²) in [6, 6.07) is 8.91. The predicted molar refractivity (Wildman–Crippen MR) is 104 cm³/mol. The second kappa shape index (κ2) is 7.82. The fraction of sp³-hybridized carbons (Fsp3) is 0.136. The maximum atomic E-state index is 15.2. The number of hydrogen-bond acceptors (Lipinski definition) is 5. The van der Waals surface area contributed by atoms with Crippen LogP contribution < -0.4 is 14.2 Å². The Hall–Kier alpha value is -3.75. The number of hydrogen-bond donors (Lipinski definition) is 0. The van der Waals surface area contributed by atoms with Crippen LogP contribution in [0.2, 0.25) is 0 Å². The van der Waals surface area contributed by atoms with Crippen LogP contribution in [0.1, 0.15) is 0 Å². The van der Waals surface area contributed by atoms with Gasteiger partial charge in [-0.1, -0.05) is 12.1 Å². The van der Waals surface area contributed by atoms with Gasteiger partial charge < -0.3 is 18.6 Å². The molecule has 4 rings (SSSR count). The number of rotatable bonds is 5. The summed E-state index contributed by atoms with van der Waals surface area (Å²) in [5.41, 5.74) is -1.88. The first-order valence-electron chi connectivity index (χ1n) is 8.93. The molecule has 0 N–H and O–H groups in total. The Bertz CT molecular complexity index is 1220. The summed E-state index contributed by atoms with van der Waals surface area (Å²) in [5.74, 6) is -7.20. The van der Waals surface area contributed by atoms with Crippen LogP contribution in [0.5, 0.6) is 17.2 Å². The molecule has 160 valence electrons. The number of methoxy groups -OCH3 is 3. The summed E-state index contributed by atoms with van der Waals surface area (Å²) in [5, 5.41) is 0. The number of fused-ring (bicyclic) bond motifs is 1. The molecule has 0 fully saturated rings. The molecule has 0 unspecified atom stereocenters. The normalized spacial score (nSPS) is 11.1. The van der Waals surface area contributed by atoms with Crippen molar-refractivity contribution in [1.82, 2.24) is 4.98 Å². The number of para-hydroxylation sites is 2. The fourth-order valence-corrected chi connectivity index (χ4v) is 3.27. The first kappa shape index (κ1) is 20.5. The van der Waals surface area contributed by atoms with Gasteiger partial charge in [0.25, 0.3) is 0 Å². The molecule has 0 atom stereocenters. The lowest BCUT2D eigenvalue weighted by molar-refractivity contribution is 0.376. The van der Waals surface area contributed by atoms with E-state index in [1.165, 1.54) is 45.6 Å². The molecular weight excluding hydrogens is 418 g/mol. The highest BCUT2D eigenvalue weighted by molar-refractivity contribution is 5.82. The van der Waals surface area contributed by atoms with E-state index in [2.05, 4.69) is 4.98 Å². The number of ether oxygens (including phenoxy) is 3. The van der Waals surface area contributed by atoms with E-state index in [9.17, 15) is 0 Å². The lowest BCUT2D eigenvalue weighted by atomic mass is 9.98. The largest absolute Gasteiger partial charge is 0.496 e. The van der Waals surface area contributed by atoms with Crippen molar-refractivity contribution >= 4 is 11.1 Å². The van der Waals surface area contributed by atoms with Gasteiger partial charge in [-0.3, -0.25) is 0 Å². The lowest BCUT2D eigenvalue weighted by Gasteiger charge is -2.17. The van der Waals surface area contributed by atoms with Crippen LogP contribution in [0.25, 0.3) is 33.7 Å². The van der Waals surface area contributed by atoms with Gasteiger partial charge >= 0.3 is 0 Å². The van der Waals surface area contributed by atoms with Crippen molar-refractivity contribution in [2.75, 3.05) is 21.3 Å². The average Bonchev–Trinajstić information content (AvgIpc) is 3.21. The number of halogens is 4. The van der Waals surface area contributed by atoms with E-state index in [4.69, 9.17) is 18.6 Å². The van der Waals surface area contributed by atoms with Crippen LogP contribution in [0.4, 0.5) is 17.6 Å². The molecule has 4 aromatic rings. The molecule has 9 heteroatoms. The van der Waals surface area contributed by atoms with E-state index in [0.29, 0.717) is 0 Å². The Morgan fingerprint density at radius 3 is 1.77 bits per heavy atom. The van der Waals surface area contributed by atoms with Crippen molar-refractivity contribution in [2.24, 2.45) is 0 Å². The Labute approximate surface area is 173 Å². The van der Waals surface area contributed by atoms with Crippen molar-refractivity contribution < 1.29 is 36.2 Å². The fourth-order valence-electron chi connectivity index (χ4n) is 3.27. The Balaban J connectivity index is 2.01. The van der Waals surface area contributed by atoms with Crippen LogP contribution in [0.3, 0.4) is 0 Å². The molecule has 3 aromatic carbocycles. The minimum absolute atomic E-state index is 0.109. The maximum absolute atomic E-state index is 15.2. The number of aromatic nitrogens is 1. The van der Waals surface area contributed by atoms with Gasteiger partial charge in [-0.15, -0.1) is 0 Å². The molecule has 0 radical (unpaired) electrons. The monoisotopic (exact) mass is 433 g/mol. The highest BCUT2D eigenvalue weighted by Crippen LogP contribution is 2.46. The molecule has 0 aliphatic rings. The Kier molecular flexibility index (Phi) is 5.18. The Morgan fingerprint density at radius 1 is 0.710 bits per heavy atom. The van der Waals surface area contributed by atoms with Crippen LogP contribution >= 0.6 is 0 Å². The van der Waals surface area contributed by atoms with Crippen molar-refractivity contribution in [3.05, 3.63) is 59.7 Å². The van der Waals surface area contributed by atoms with Crippen molar-refractivity contribution in [3.63, 3.8) is 0 Å². The summed E-state index contributed by atoms with van der Waals surface area (Å²) in [4.78, 5) is 3.93. The van der Waals surface area contributed by atoms with E-state index in [-0.39, 0.29) is 33.9 Å². The zero-order chi connectivity index (χ0) is 22.3. The molecule has 0 saturated heterocycles. The van der Waals surface area contributed by atoms with Crippen LogP contribution in [0, 0.1) is 23.3 Å². The standard InChI is InChI=1S/C22H15F4NO4/c1-28-10-8-13(29-2)15(14(9-10)30-3)16-18(23)20(25)17(21(26)19(16)24)22-27-11-6-4-5-7-12(11)31-22/h4-9H,1-3H3. The lowest BCUT2D eigenvalue weighted by Crippen LogP contribution is -2.06. The molecular formula is C22H15F4NO4. The topological polar surface area (TPSA) is 53.7 Å². The molecule has 0 saturated carbocycles. The van der Waals surface area contributed by atoms with Gasteiger partial charge in [-0.25, -0.2) is 22.5 Å². The summed E-state index contributed by atoms with van der Waals surface area (Å²) in [7, 11) is 3.82. The summed E-state index contributed by atoms with van der Waals surface area (Å²) >= 11 is 0. The van der Waals surface area contributed by atoms with E-state index in [0.717, 1.165) is 0 Å². The number of oxazole rings is 1. The zero-order valence-electron chi connectivity index (χ0n) is 16.6. The van der Waals surface area contributed by atoms with Crippen LogP contribution in [-0.2, 0) is 0 Å². The Morgan fingerprint density at radius 2 is 1.26 bits per heavy atom. The van der Waals surface area contributed by atoms with Gasteiger partial charge in [0, 0.05) is 12.1 Å². The molecule has 5 nitrogen and oxygen atoms in total. The van der Waals surface area contributed by atoms with Gasteiger partial charge in [-0.2, -0.15) is 0 Å². The molecule has 1 heterocycles. The van der Waals surface area contributed by atoms with Crippen LogP contribution in [-0.4, -0.2) is 26.3 Å². The van der Waals surface area contributed by atoms with Crippen molar-refractivity contribution in [2.45, 2.75) is 0 Å². The highest BCUT2D eigenvalue weighted by Gasteiger charge is 2.32. The van der Waals surface area contributed by atoms with E-state index >= 15 is 17.6 Å². The van der Waals surface area contributed by atoms with Gasteiger partial charge in [0.05, 0.1) is 32.5 Å². The average molecular weight is 433 g/mol. The summed E-state index contributed by atoms with van der Waals surface area (Å²) in [6.07, 6.45) is 0. The quantitative estimate of drug-likeness (QED) is 0.297. The minimum Gasteiger partial charge on any atom is -0.496 e. The molecule has 0 aliphatic heterocycles. The van der Waals surface area contributed by atoms with E-state index < -0.39 is 40.3 Å². The van der Waals surface area contributed by atoms with Crippen LogP contribution in [0.15, 0.2) is 40.8 Å². The summed E-state index contributed by atoms with van der Waals surface area (Å²) < 4.78 is 81.1. The zero-order valence-corrected chi connectivity index (χ0v) is 16.6. The molecule has 0 bridgehead atoms. The van der Waals surface area contributed by atoms with Gasteiger partial charge in [0.2, 0.25) is 5.89 Å². The van der Waals surface area contributed by atoms with Crippen molar-refractivity contribution in [1.29, 1.82) is 0 Å². The summed E-state index contributed by atoms with van der Waals surface area (Å²) in [6.45, 7) is 0. The van der Waals surface area contributed by atoms with Gasteiger partial charge in [0.1, 0.15) is 28.3 Å². The second-order valence-electron chi connectivity index (χ2n) is 6.40. The third-order valence-electron chi connectivity index (χ3n) is 4.74. The predicted octanol–water partition coefficient (Wildman–Crippen LogP) is 5.74. The SMILES string of the molecule is COc1cc(OC)c(-c2c(F)c(F)c(-c3nc4ccccc4o3)c(F)c2F)c(OC)c1. The maximum Gasteiger partial charge on any atom is 0.233 e.